The number of amides is 2. The number of rotatable bonds is 5. The molecule has 0 radical (unpaired) electrons. The molecule has 2 aromatic rings. The van der Waals surface area contributed by atoms with Crippen molar-refractivity contribution in [1.82, 2.24) is 4.90 Å². The summed E-state index contributed by atoms with van der Waals surface area (Å²) in [4.78, 5) is 31.7. The fourth-order valence-electron chi connectivity index (χ4n) is 3.09. The Hall–Kier alpha value is -2.67. The Morgan fingerprint density at radius 2 is 1.93 bits per heavy atom. The molecular weight excluding hydrogens is 377 g/mol. The van der Waals surface area contributed by atoms with Crippen LogP contribution in [0.5, 0.6) is 0 Å². The zero-order chi connectivity index (χ0) is 19.7. The molecule has 144 valence electrons. The summed E-state index contributed by atoms with van der Waals surface area (Å²) in [6, 6.07) is 13.9. The van der Waals surface area contributed by atoms with E-state index in [9.17, 15) is 14.0 Å². The first kappa shape index (κ1) is 18.7. The van der Waals surface area contributed by atoms with Gasteiger partial charge in [0.25, 0.3) is 0 Å². The molecule has 4 rings (SSSR count). The highest BCUT2D eigenvalue weighted by Gasteiger charge is 2.46. The van der Waals surface area contributed by atoms with Gasteiger partial charge in [0.05, 0.1) is 11.4 Å². The Kier molecular flexibility index (Phi) is 5.17. The number of halogens is 1. The lowest BCUT2D eigenvalue weighted by molar-refractivity contribution is -0.128. The van der Waals surface area contributed by atoms with E-state index in [0.29, 0.717) is 5.17 Å². The smallest absolute Gasteiger partial charge is 0.242 e. The molecule has 1 atom stereocenters. The Morgan fingerprint density at radius 3 is 2.64 bits per heavy atom. The summed E-state index contributed by atoms with van der Waals surface area (Å²) in [6.07, 6.45) is 1.88. The zero-order valence-electron chi connectivity index (χ0n) is 15.4. The first-order chi connectivity index (χ1) is 13.5. The summed E-state index contributed by atoms with van der Waals surface area (Å²) in [7, 11) is 0. The number of carbonyl (C=O) groups excluding carboxylic acids is 2. The number of aryl methyl sites for hydroxylation is 1. The summed E-state index contributed by atoms with van der Waals surface area (Å²) < 4.78 is 13.7. The molecule has 0 aromatic heterocycles. The van der Waals surface area contributed by atoms with Crippen LogP contribution in [0.15, 0.2) is 53.5 Å². The SMILES string of the molecule is Cc1ccccc1N=C1S[C@@H](CC(=O)Nc2ccccc2F)C(=O)N1C1CC1. The summed E-state index contributed by atoms with van der Waals surface area (Å²) in [6.45, 7) is 1.97. The van der Waals surface area contributed by atoms with Crippen LogP contribution in [0, 0.1) is 12.7 Å². The number of thioether (sulfide) groups is 1. The lowest BCUT2D eigenvalue weighted by Gasteiger charge is -2.15. The first-order valence-corrected chi connectivity index (χ1v) is 10.1. The number of nitrogens with one attached hydrogen (secondary N) is 1. The van der Waals surface area contributed by atoms with Gasteiger partial charge >= 0.3 is 0 Å². The number of anilines is 1. The van der Waals surface area contributed by atoms with Crippen LogP contribution in [0.1, 0.15) is 24.8 Å². The van der Waals surface area contributed by atoms with Crippen molar-refractivity contribution in [2.24, 2.45) is 4.99 Å². The first-order valence-electron chi connectivity index (χ1n) is 9.21. The Bertz CT molecular complexity index is 958. The molecule has 2 aromatic carbocycles. The highest BCUT2D eigenvalue weighted by Crippen LogP contribution is 2.39. The standard InChI is InChI=1S/C21H20FN3O2S/c1-13-6-2-4-8-16(13)24-21-25(14-10-11-14)20(27)18(28-21)12-19(26)23-17-9-5-3-7-15(17)22/h2-9,14,18H,10-12H2,1H3,(H,23,26)/t18-/m0/s1. The van der Waals surface area contributed by atoms with E-state index >= 15 is 0 Å². The lowest BCUT2D eigenvalue weighted by Crippen LogP contribution is -2.35. The molecule has 1 saturated carbocycles. The number of hydrogen-bond donors (Lipinski definition) is 1. The van der Waals surface area contributed by atoms with Gasteiger partial charge in [0.15, 0.2) is 5.17 Å². The van der Waals surface area contributed by atoms with Crippen molar-refractivity contribution in [2.75, 3.05) is 5.32 Å². The molecule has 1 aliphatic heterocycles. The highest BCUT2D eigenvalue weighted by atomic mass is 32.2. The number of aliphatic imine (C=N–C) groups is 1. The van der Waals surface area contributed by atoms with Gasteiger partial charge in [0.2, 0.25) is 11.8 Å². The number of carbonyl (C=O) groups is 2. The number of nitrogens with zero attached hydrogens (tertiary/aromatic N) is 2. The fourth-order valence-corrected chi connectivity index (χ4v) is 4.29. The maximum absolute atomic E-state index is 13.7. The topological polar surface area (TPSA) is 61.8 Å². The van der Waals surface area contributed by atoms with Gasteiger partial charge in [-0.05, 0) is 43.5 Å². The van der Waals surface area contributed by atoms with Gasteiger partial charge < -0.3 is 5.32 Å². The summed E-state index contributed by atoms with van der Waals surface area (Å²) in [5.74, 6) is -0.977. The van der Waals surface area contributed by atoms with Crippen molar-refractivity contribution < 1.29 is 14.0 Å². The van der Waals surface area contributed by atoms with Gasteiger partial charge in [-0.1, -0.05) is 42.1 Å². The van der Waals surface area contributed by atoms with Crippen molar-refractivity contribution >= 4 is 40.1 Å². The van der Waals surface area contributed by atoms with Crippen molar-refractivity contribution in [3.05, 3.63) is 59.9 Å². The van der Waals surface area contributed by atoms with Gasteiger partial charge in [0, 0.05) is 12.5 Å². The maximum atomic E-state index is 13.7. The minimum atomic E-state index is -0.546. The normalized spacial score (nSPS) is 20.6. The third-order valence-electron chi connectivity index (χ3n) is 4.73. The molecule has 1 heterocycles. The highest BCUT2D eigenvalue weighted by molar-refractivity contribution is 8.15. The van der Waals surface area contributed by atoms with Gasteiger partial charge in [-0.25, -0.2) is 9.38 Å². The molecule has 0 bridgehead atoms. The van der Waals surface area contributed by atoms with Crippen molar-refractivity contribution in [2.45, 2.75) is 37.5 Å². The van der Waals surface area contributed by atoms with Crippen LogP contribution in [0.3, 0.4) is 0 Å². The largest absolute Gasteiger partial charge is 0.324 e. The molecule has 5 nitrogen and oxygen atoms in total. The minimum absolute atomic E-state index is 0.0200. The van der Waals surface area contributed by atoms with Gasteiger partial charge in [-0.15, -0.1) is 0 Å². The molecule has 2 fully saturated rings. The molecule has 7 heteroatoms. The van der Waals surface area contributed by atoms with Crippen LogP contribution in [-0.2, 0) is 9.59 Å². The molecule has 0 unspecified atom stereocenters. The van der Waals surface area contributed by atoms with Crippen LogP contribution < -0.4 is 5.32 Å². The molecular formula is C21H20FN3O2S. The van der Waals surface area contributed by atoms with E-state index < -0.39 is 11.1 Å². The second-order valence-corrected chi connectivity index (χ2v) is 8.13. The van der Waals surface area contributed by atoms with Gasteiger partial charge in [0.1, 0.15) is 11.1 Å². The van der Waals surface area contributed by atoms with Crippen LogP contribution in [0.25, 0.3) is 0 Å². The van der Waals surface area contributed by atoms with E-state index in [1.165, 1.54) is 23.9 Å². The average molecular weight is 397 g/mol. The number of para-hydroxylation sites is 2. The molecule has 28 heavy (non-hydrogen) atoms. The Balaban J connectivity index is 1.51. The van der Waals surface area contributed by atoms with E-state index in [4.69, 9.17) is 4.99 Å². The zero-order valence-corrected chi connectivity index (χ0v) is 16.2. The van der Waals surface area contributed by atoms with E-state index in [-0.39, 0.29) is 30.0 Å². The third-order valence-corrected chi connectivity index (χ3v) is 5.88. The third kappa shape index (κ3) is 3.94. The molecule has 0 spiro atoms. The van der Waals surface area contributed by atoms with Gasteiger partial charge in [-0.3, -0.25) is 14.5 Å². The average Bonchev–Trinajstić information content (AvgIpc) is 3.45. The quantitative estimate of drug-likeness (QED) is 0.820. The predicted octanol–water partition coefficient (Wildman–Crippen LogP) is 4.26. The van der Waals surface area contributed by atoms with Crippen molar-refractivity contribution in [3.63, 3.8) is 0 Å². The lowest BCUT2D eigenvalue weighted by atomic mass is 10.2. The van der Waals surface area contributed by atoms with Crippen LogP contribution in [-0.4, -0.2) is 33.2 Å². The second-order valence-electron chi connectivity index (χ2n) is 6.96. The van der Waals surface area contributed by atoms with E-state index in [0.717, 1.165) is 24.1 Å². The van der Waals surface area contributed by atoms with E-state index in [2.05, 4.69) is 5.32 Å². The number of hydrogen-bond acceptors (Lipinski definition) is 4. The van der Waals surface area contributed by atoms with Crippen molar-refractivity contribution in [3.8, 4) is 0 Å². The number of benzene rings is 2. The number of amidine groups is 1. The van der Waals surface area contributed by atoms with E-state index in [1.807, 2.05) is 31.2 Å². The van der Waals surface area contributed by atoms with Crippen LogP contribution in [0.2, 0.25) is 0 Å². The van der Waals surface area contributed by atoms with Crippen LogP contribution in [0.4, 0.5) is 15.8 Å². The Morgan fingerprint density at radius 1 is 1.21 bits per heavy atom. The fraction of sp³-hybridized carbons (Fsp3) is 0.286. The van der Waals surface area contributed by atoms with Gasteiger partial charge in [-0.2, -0.15) is 0 Å². The van der Waals surface area contributed by atoms with Crippen molar-refractivity contribution in [1.29, 1.82) is 0 Å². The molecule has 1 aliphatic carbocycles. The summed E-state index contributed by atoms with van der Waals surface area (Å²) >= 11 is 1.31. The predicted molar refractivity (Wildman–Crippen MR) is 109 cm³/mol. The minimum Gasteiger partial charge on any atom is -0.324 e. The summed E-state index contributed by atoms with van der Waals surface area (Å²) in [5, 5.41) is 2.65. The maximum Gasteiger partial charge on any atom is 0.242 e. The second kappa shape index (κ2) is 7.75. The van der Waals surface area contributed by atoms with E-state index in [1.54, 1.807) is 17.0 Å². The summed E-state index contributed by atoms with van der Waals surface area (Å²) in [5.41, 5.74) is 1.97. The molecule has 1 saturated heterocycles. The Labute approximate surface area is 167 Å². The molecule has 2 aliphatic rings. The van der Waals surface area contributed by atoms with Crippen LogP contribution >= 0.6 is 11.8 Å². The molecule has 2 amide bonds. The molecule has 1 N–H and O–H groups in total. The monoisotopic (exact) mass is 397 g/mol.